The molecule has 0 radical (unpaired) electrons. The summed E-state index contributed by atoms with van der Waals surface area (Å²) in [6.45, 7) is 3.32. The Morgan fingerprint density at radius 1 is 1.37 bits per heavy atom. The van der Waals surface area contributed by atoms with Gasteiger partial charge in [-0.2, -0.15) is 0 Å². The first kappa shape index (κ1) is 16.4. The van der Waals surface area contributed by atoms with E-state index in [9.17, 15) is 8.42 Å². The van der Waals surface area contributed by atoms with Crippen molar-refractivity contribution in [3.8, 4) is 0 Å². The quantitative estimate of drug-likeness (QED) is 0.555. The van der Waals surface area contributed by atoms with Crippen molar-refractivity contribution in [3.05, 3.63) is 22.7 Å². The van der Waals surface area contributed by atoms with Crippen molar-refractivity contribution in [1.29, 1.82) is 0 Å². The summed E-state index contributed by atoms with van der Waals surface area (Å²) in [7, 11) is -3.58. The van der Waals surface area contributed by atoms with Crippen LogP contribution < -0.4 is 10.5 Å². The number of hydrogen-bond acceptors (Lipinski definition) is 4. The third kappa shape index (κ3) is 5.48. The summed E-state index contributed by atoms with van der Waals surface area (Å²) in [4.78, 5) is 0.0873. The van der Waals surface area contributed by atoms with Crippen LogP contribution in [0.3, 0.4) is 0 Å². The van der Waals surface area contributed by atoms with Gasteiger partial charge in [-0.1, -0.05) is 29.3 Å². The van der Waals surface area contributed by atoms with Crippen LogP contribution in [0.1, 0.15) is 19.8 Å². The molecular weight excluding hydrogens is 332 g/mol. The molecular formula is C12H19BrN2O3S. The molecule has 0 aliphatic carbocycles. The minimum Gasteiger partial charge on any atom is -0.398 e. The monoisotopic (exact) mass is 350 g/mol. The normalized spacial score (nSPS) is 11.7. The highest BCUT2D eigenvalue weighted by Crippen LogP contribution is 2.22. The summed E-state index contributed by atoms with van der Waals surface area (Å²) in [5.74, 6) is 0. The van der Waals surface area contributed by atoms with E-state index in [1.165, 1.54) is 6.07 Å². The lowest BCUT2D eigenvalue weighted by atomic mass is 10.3. The molecule has 0 amide bonds. The maximum atomic E-state index is 12.0. The number of hydrogen-bond donors (Lipinski definition) is 2. The Bertz CT molecular complexity index is 506. The summed E-state index contributed by atoms with van der Waals surface area (Å²) in [5, 5.41) is 0. The van der Waals surface area contributed by atoms with Gasteiger partial charge in [0.1, 0.15) is 4.90 Å². The van der Waals surface area contributed by atoms with Gasteiger partial charge in [0.2, 0.25) is 10.0 Å². The molecule has 0 unspecified atom stereocenters. The molecule has 0 spiro atoms. The molecule has 7 heteroatoms. The zero-order chi connectivity index (χ0) is 14.3. The fraction of sp³-hybridized carbons (Fsp3) is 0.500. The molecule has 0 bridgehead atoms. The van der Waals surface area contributed by atoms with Crippen molar-refractivity contribution in [3.63, 3.8) is 0 Å². The van der Waals surface area contributed by atoms with Gasteiger partial charge in [-0.25, -0.2) is 13.1 Å². The van der Waals surface area contributed by atoms with Gasteiger partial charge in [0.15, 0.2) is 0 Å². The predicted molar refractivity (Wildman–Crippen MR) is 79.5 cm³/mol. The Hall–Kier alpha value is -0.630. The van der Waals surface area contributed by atoms with Crippen LogP contribution in [-0.2, 0) is 14.8 Å². The predicted octanol–water partition coefficient (Wildman–Crippen LogP) is 2.13. The molecule has 0 saturated heterocycles. The van der Waals surface area contributed by atoms with Gasteiger partial charge in [0.25, 0.3) is 0 Å². The van der Waals surface area contributed by atoms with Crippen LogP contribution in [0.4, 0.5) is 5.69 Å². The highest BCUT2D eigenvalue weighted by molar-refractivity contribution is 9.10. The van der Waals surface area contributed by atoms with Crippen molar-refractivity contribution in [2.45, 2.75) is 24.7 Å². The lowest BCUT2D eigenvalue weighted by molar-refractivity contribution is 0.136. The van der Waals surface area contributed by atoms with E-state index < -0.39 is 10.0 Å². The van der Waals surface area contributed by atoms with Crippen molar-refractivity contribution < 1.29 is 13.2 Å². The highest BCUT2D eigenvalue weighted by Gasteiger charge is 2.16. The molecule has 0 aliphatic heterocycles. The maximum absolute atomic E-state index is 12.0. The topological polar surface area (TPSA) is 81.4 Å². The lowest BCUT2D eigenvalue weighted by Crippen LogP contribution is -2.28. The Kier molecular flexibility index (Phi) is 6.78. The van der Waals surface area contributed by atoms with Crippen LogP contribution in [0, 0.1) is 0 Å². The van der Waals surface area contributed by atoms with Gasteiger partial charge >= 0.3 is 0 Å². The van der Waals surface area contributed by atoms with E-state index in [4.69, 9.17) is 10.5 Å². The second-order valence-corrected chi connectivity index (χ2v) is 6.70. The fourth-order valence-corrected chi connectivity index (χ4v) is 2.94. The van der Waals surface area contributed by atoms with E-state index in [2.05, 4.69) is 27.6 Å². The van der Waals surface area contributed by atoms with Crippen molar-refractivity contribution in [2.75, 3.05) is 25.5 Å². The van der Waals surface area contributed by atoms with Gasteiger partial charge in [-0.15, -0.1) is 0 Å². The molecule has 1 aromatic rings. The number of sulfonamides is 1. The average Bonchev–Trinajstić information content (AvgIpc) is 2.33. The zero-order valence-electron chi connectivity index (χ0n) is 10.9. The van der Waals surface area contributed by atoms with Crippen molar-refractivity contribution in [2.24, 2.45) is 0 Å². The van der Waals surface area contributed by atoms with Gasteiger partial charge < -0.3 is 10.5 Å². The number of ether oxygens (including phenoxy) is 1. The Balaban J connectivity index is 2.52. The standard InChI is InChI=1S/C12H19BrN2O3S/c1-2-3-7-18-8-6-15-19(16,17)12-5-4-10(13)9-11(12)14/h4-5,9,15H,2-3,6-8,14H2,1H3. The Morgan fingerprint density at radius 2 is 2.11 bits per heavy atom. The number of nitrogens with one attached hydrogen (secondary N) is 1. The van der Waals surface area contributed by atoms with Crippen LogP contribution in [0.25, 0.3) is 0 Å². The lowest BCUT2D eigenvalue weighted by Gasteiger charge is -2.09. The van der Waals surface area contributed by atoms with E-state index in [0.717, 1.165) is 17.3 Å². The van der Waals surface area contributed by atoms with Crippen LogP contribution in [0.15, 0.2) is 27.6 Å². The average molecular weight is 351 g/mol. The molecule has 5 nitrogen and oxygen atoms in total. The molecule has 0 aromatic heterocycles. The van der Waals surface area contributed by atoms with Crippen LogP contribution in [0.2, 0.25) is 0 Å². The summed E-state index contributed by atoms with van der Waals surface area (Å²) in [6, 6.07) is 4.68. The van der Waals surface area contributed by atoms with Gasteiger partial charge in [-0.3, -0.25) is 0 Å². The number of unbranched alkanes of at least 4 members (excludes halogenated alkanes) is 1. The SMILES string of the molecule is CCCCOCCNS(=O)(=O)c1ccc(Br)cc1N. The van der Waals surface area contributed by atoms with E-state index >= 15 is 0 Å². The summed E-state index contributed by atoms with van der Waals surface area (Å²) in [5.41, 5.74) is 5.91. The van der Waals surface area contributed by atoms with Crippen molar-refractivity contribution >= 4 is 31.6 Å². The second kappa shape index (κ2) is 7.84. The second-order valence-electron chi connectivity index (χ2n) is 4.05. The summed E-state index contributed by atoms with van der Waals surface area (Å²) < 4.78 is 32.5. The first-order valence-electron chi connectivity index (χ1n) is 6.10. The van der Waals surface area contributed by atoms with Gasteiger partial charge in [0.05, 0.1) is 12.3 Å². The van der Waals surface area contributed by atoms with Gasteiger partial charge in [0, 0.05) is 17.6 Å². The minimum absolute atomic E-state index is 0.0873. The largest absolute Gasteiger partial charge is 0.398 e. The number of benzene rings is 1. The zero-order valence-corrected chi connectivity index (χ0v) is 13.3. The maximum Gasteiger partial charge on any atom is 0.242 e. The van der Waals surface area contributed by atoms with Crippen LogP contribution in [0.5, 0.6) is 0 Å². The highest BCUT2D eigenvalue weighted by atomic mass is 79.9. The number of nitrogens with two attached hydrogens (primary N) is 1. The molecule has 0 saturated carbocycles. The van der Waals surface area contributed by atoms with E-state index in [1.807, 2.05) is 0 Å². The van der Waals surface area contributed by atoms with Crippen LogP contribution in [-0.4, -0.2) is 28.2 Å². The van der Waals surface area contributed by atoms with E-state index in [0.29, 0.717) is 13.2 Å². The first-order valence-corrected chi connectivity index (χ1v) is 8.37. The van der Waals surface area contributed by atoms with Gasteiger partial charge in [-0.05, 0) is 24.6 Å². The number of rotatable bonds is 8. The first-order chi connectivity index (χ1) is 8.97. The molecule has 0 aliphatic rings. The Morgan fingerprint density at radius 3 is 2.74 bits per heavy atom. The molecule has 0 fully saturated rings. The third-order valence-electron chi connectivity index (χ3n) is 2.44. The van der Waals surface area contributed by atoms with Crippen LogP contribution >= 0.6 is 15.9 Å². The molecule has 0 atom stereocenters. The number of nitrogen functional groups attached to an aromatic ring is 1. The molecule has 19 heavy (non-hydrogen) atoms. The third-order valence-corrected chi connectivity index (χ3v) is 4.47. The Labute approximate surface area is 122 Å². The van der Waals surface area contributed by atoms with E-state index in [-0.39, 0.29) is 17.1 Å². The number of halogens is 1. The smallest absolute Gasteiger partial charge is 0.242 e. The molecule has 1 rings (SSSR count). The molecule has 108 valence electrons. The molecule has 1 aromatic carbocycles. The fourth-order valence-electron chi connectivity index (χ4n) is 1.44. The van der Waals surface area contributed by atoms with Crippen molar-refractivity contribution in [1.82, 2.24) is 4.72 Å². The summed E-state index contributed by atoms with van der Waals surface area (Å²) >= 11 is 3.24. The molecule has 3 N–H and O–H groups in total. The minimum atomic E-state index is -3.58. The number of anilines is 1. The van der Waals surface area contributed by atoms with E-state index in [1.54, 1.807) is 12.1 Å². The molecule has 0 heterocycles. The summed E-state index contributed by atoms with van der Waals surface area (Å²) in [6.07, 6.45) is 2.04.